The third-order valence-corrected chi connectivity index (χ3v) is 11.5. The normalized spacial score (nSPS) is 34.0. The Hall–Kier alpha value is -2.70. The molecule has 4 heterocycles. The Morgan fingerprint density at radius 1 is 0.930 bits per heavy atom. The van der Waals surface area contributed by atoms with Crippen molar-refractivity contribution >= 4 is 74.1 Å². The van der Waals surface area contributed by atoms with E-state index in [4.69, 9.17) is 32.4 Å². The molecule has 1 N–H and O–H groups in total. The molecule has 0 radical (unpaired) electrons. The van der Waals surface area contributed by atoms with Crippen LogP contribution in [0, 0.1) is 17.8 Å². The maximum atomic E-state index is 14.2. The van der Waals surface area contributed by atoms with Gasteiger partial charge in [-0.3, -0.25) is 29.0 Å². The highest BCUT2D eigenvalue weighted by molar-refractivity contribution is 9.09. The molecule has 13 heteroatoms. The number of imide groups is 2. The van der Waals surface area contributed by atoms with Crippen LogP contribution in [-0.4, -0.2) is 75.1 Å². The van der Waals surface area contributed by atoms with Gasteiger partial charge in [-0.05, 0) is 55.2 Å². The number of rotatable bonds is 5. The summed E-state index contributed by atoms with van der Waals surface area (Å²) in [6.07, 6.45) is 2.00. The van der Waals surface area contributed by atoms with Crippen molar-refractivity contribution in [1.29, 1.82) is 0 Å². The number of amides is 4. The van der Waals surface area contributed by atoms with Gasteiger partial charge in [-0.25, -0.2) is 0 Å². The fraction of sp³-hybridized carbons (Fsp3) is 0.467. The highest BCUT2D eigenvalue weighted by Gasteiger charge is 2.76. The van der Waals surface area contributed by atoms with E-state index in [1.165, 1.54) is 4.90 Å². The minimum absolute atomic E-state index is 0.105. The number of benzene rings is 1. The molecule has 226 valence electrons. The molecule has 5 aliphatic rings. The second kappa shape index (κ2) is 10.4. The second-order valence-corrected chi connectivity index (χ2v) is 13.3. The first kappa shape index (κ1) is 29.0. The van der Waals surface area contributed by atoms with Crippen molar-refractivity contribution in [1.82, 2.24) is 4.90 Å². The summed E-state index contributed by atoms with van der Waals surface area (Å²) in [7, 11) is 0. The van der Waals surface area contributed by atoms with Crippen LogP contribution >= 0.6 is 39.1 Å². The Morgan fingerprint density at radius 2 is 1.63 bits per heavy atom. The van der Waals surface area contributed by atoms with Crippen molar-refractivity contribution in [2.24, 2.45) is 17.8 Å². The van der Waals surface area contributed by atoms with Crippen LogP contribution in [0.3, 0.4) is 0 Å². The summed E-state index contributed by atoms with van der Waals surface area (Å²) >= 11 is 17.6. The molecule has 4 amide bonds. The molecule has 1 aromatic heterocycles. The van der Waals surface area contributed by atoms with Gasteiger partial charge in [0.2, 0.25) is 11.8 Å². The van der Waals surface area contributed by atoms with Crippen LogP contribution in [0.4, 0.5) is 11.4 Å². The molecule has 3 aliphatic heterocycles. The van der Waals surface area contributed by atoms with E-state index in [1.54, 1.807) is 24.3 Å². The van der Waals surface area contributed by atoms with Crippen LogP contribution < -0.4 is 9.80 Å². The predicted octanol–water partition coefficient (Wildman–Crippen LogP) is 3.52. The first-order valence-corrected chi connectivity index (χ1v) is 16.0. The molecule has 6 unspecified atom stereocenters. The number of furan rings is 1. The van der Waals surface area contributed by atoms with Crippen molar-refractivity contribution in [3.63, 3.8) is 0 Å². The van der Waals surface area contributed by atoms with Gasteiger partial charge in [-0.15, -0.1) is 23.2 Å². The summed E-state index contributed by atoms with van der Waals surface area (Å²) in [5.41, 5.74) is 1.97. The fourth-order valence-corrected chi connectivity index (χ4v) is 9.00. The molecule has 0 bridgehead atoms. The van der Waals surface area contributed by atoms with Crippen LogP contribution in [0.2, 0.25) is 0 Å². The lowest BCUT2D eigenvalue weighted by Gasteiger charge is -2.49. The largest absolute Gasteiger partial charge is 0.463 e. The molecule has 2 aliphatic carbocycles. The van der Waals surface area contributed by atoms with E-state index in [0.29, 0.717) is 24.5 Å². The zero-order chi connectivity index (χ0) is 30.3. The third kappa shape index (κ3) is 3.97. The molecular weight excluding hydrogens is 665 g/mol. The van der Waals surface area contributed by atoms with Gasteiger partial charge in [-0.2, -0.15) is 0 Å². The first-order chi connectivity index (χ1) is 20.7. The van der Waals surface area contributed by atoms with Crippen molar-refractivity contribution in [3.8, 4) is 0 Å². The summed E-state index contributed by atoms with van der Waals surface area (Å²) in [6, 6.07) is 10.5. The molecule has 1 saturated carbocycles. The number of alkyl halides is 3. The Balaban J connectivity index is 1.28. The second-order valence-electron chi connectivity index (χ2n) is 11.6. The number of ether oxygens (including phenoxy) is 1. The number of aliphatic hydroxyl groups is 1. The van der Waals surface area contributed by atoms with Gasteiger partial charge < -0.3 is 19.2 Å². The van der Waals surface area contributed by atoms with Crippen LogP contribution in [0.5, 0.6) is 0 Å². The number of allylic oxidation sites excluding steroid dienone is 2. The van der Waals surface area contributed by atoms with Crippen LogP contribution in [0.15, 0.2) is 52.5 Å². The molecule has 3 saturated heterocycles. The first-order valence-electron chi connectivity index (χ1n) is 14.2. The lowest BCUT2D eigenvalue weighted by Crippen LogP contribution is -2.60. The number of morpholine rings is 1. The average Bonchev–Trinajstić information content (AvgIpc) is 3.64. The number of anilines is 2. The number of hydrogen-bond donors (Lipinski definition) is 1. The monoisotopic (exact) mass is 691 g/mol. The Kier molecular flexibility index (Phi) is 7.05. The molecule has 10 nitrogen and oxygen atoms in total. The summed E-state index contributed by atoms with van der Waals surface area (Å²) < 4.78 is 11.3. The van der Waals surface area contributed by atoms with Gasteiger partial charge in [0.1, 0.15) is 18.1 Å². The Labute approximate surface area is 265 Å². The van der Waals surface area contributed by atoms with Crippen LogP contribution in [-0.2, 0) is 30.5 Å². The number of fused-ring (bicyclic) bond motifs is 4. The van der Waals surface area contributed by atoms with E-state index in [0.717, 1.165) is 23.7 Å². The number of aliphatic hydroxyl groups excluding tert-OH is 1. The fourth-order valence-electron chi connectivity index (χ4n) is 7.59. The number of carbonyl (C=O) groups is 4. The van der Waals surface area contributed by atoms with Gasteiger partial charge in [0, 0.05) is 18.8 Å². The minimum Gasteiger partial charge on any atom is -0.463 e. The molecule has 6 atom stereocenters. The summed E-state index contributed by atoms with van der Waals surface area (Å²) in [4.78, 5) is 56.0. The van der Waals surface area contributed by atoms with Gasteiger partial charge in [0.25, 0.3) is 11.8 Å². The SMILES string of the molecule is O=C1C2CC=C3C(CC4(Cl)C(=O)N(CBr)C(=O)C4(Cl)C3c3ccc(CO)o3)C2C(=O)N1c1ccc(N2CCOCC2)cc1. The van der Waals surface area contributed by atoms with E-state index in [2.05, 4.69) is 20.8 Å². The van der Waals surface area contributed by atoms with Gasteiger partial charge in [-0.1, -0.05) is 27.6 Å². The molecule has 7 rings (SSSR count). The summed E-state index contributed by atoms with van der Waals surface area (Å²) in [6.45, 7) is 2.41. The number of nitrogens with zero attached hydrogens (tertiary/aromatic N) is 3. The molecule has 2 aromatic rings. The van der Waals surface area contributed by atoms with Crippen molar-refractivity contribution < 1.29 is 33.4 Å². The lowest BCUT2D eigenvalue weighted by molar-refractivity contribution is -0.138. The van der Waals surface area contributed by atoms with E-state index in [1.807, 2.05) is 18.2 Å². The van der Waals surface area contributed by atoms with Gasteiger partial charge in [0.15, 0.2) is 9.75 Å². The lowest BCUT2D eigenvalue weighted by atomic mass is 9.57. The zero-order valence-electron chi connectivity index (χ0n) is 22.9. The van der Waals surface area contributed by atoms with E-state index in [-0.39, 0.29) is 48.2 Å². The Bertz CT molecular complexity index is 1560. The minimum atomic E-state index is -1.94. The van der Waals surface area contributed by atoms with E-state index >= 15 is 0 Å². The summed E-state index contributed by atoms with van der Waals surface area (Å²) in [5.74, 6) is -4.66. The number of carbonyl (C=O) groups excluding carboxylic acids is 4. The van der Waals surface area contributed by atoms with E-state index < -0.39 is 45.2 Å². The quantitative estimate of drug-likeness (QED) is 0.219. The maximum absolute atomic E-state index is 14.2. The van der Waals surface area contributed by atoms with Crippen molar-refractivity contribution in [2.75, 3.05) is 41.6 Å². The smallest absolute Gasteiger partial charge is 0.254 e. The van der Waals surface area contributed by atoms with Crippen molar-refractivity contribution in [2.45, 2.75) is 35.1 Å². The maximum Gasteiger partial charge on any atom is 0.254 e. The highest BCUT2D eigenvalue weighted by Crippen LogP contribution is 2.65. The molecular formula is C30H28BrCl2N3O7. The van der Waals surface area contributed by atoms with Crippen molar-refractivity contribution in [3.05, 3.63) is 59.6 Å². The molecule has 0 spiro atoms. The van der Waals surface area contributed by atoms with Crippen LogP contribution in [0.25, 0.3) is 0 Å². The Morgan fingerprint density at radius 3 is 2.28 bits per heavy atom. The highest BCUT2D eigenvalue weighted by atomic mass is 79.9. The van der Waals surface area contributed by atoms with Crippen LogP contribution in [0.1, 0.15) is 30.3 Å². The average molecular weight is 693 g/mol. The molecule has 4 fully saturated rings. The summed E-state index contributed by atoms with van der Waals surface area (Å²) in [5, 5.41) is 9.68. The molecule has 43 heavy (non-hydrogen) atoms. The number of hydrogen-bond acceptors (Lipinski definition) is 8. The molecule has 1 aromatic carbocycles. The predicted molar refractivity (Wildman–Crippen MR) is 160 cm³/mol. The zero-order valence-corrected chi connectivity index (χ0v) is 26.0. The third-order valence-electron chi connectivity index (χ3n) is 9.62. The van der Waals surface area contributed by atoms with E-state index in [9.17, 15) is 24.3 Å². The standard InChI is InChI=1S/C30H28BrCl2N3O7/c31-15-35-27(40)29(32)13-21-19(24(30(29,33)28(35)41)22-8-5-18(14-37)43-22)6-7-20-23(21)26(39)36(25(20)38)17-3-1-16(2-4-17)34-9-11-42-12-10-34/h1-6,8,20-21,23-24,37H,7,9-15H2. The topological polar surface area (TPSA) is 121 Å². The van der Waals surface area contributed by atoms with Gasteiger partial charge >= 0.3 is 0 Å². The van der Waals surface area contributed by atoms with Gasteiger partial charge in [0.05, 0.1) is 42.1 Å². The number of halogens is 3. The number of likely N-dealkylation sites (tertiary alicyclic amines) is 1.